The van der Waals surface area contributed by atoms with Gasteiger partial charge >= 0.3 is 0 Å². The molecule has 1 N–H and O–H groups in total. The molecule has 0 aliphatic rings. The molecule has 0 aliphatic carbocycles. The average molecular weight is 451 g/mol. The van der Waals surface area contributed by atoms with Crippen LogP contribution in [0.25, 0.3) is 11.3 Å². The Bertz CT molecular complexity index is 1180. The lowest BCUT2D eigenvalue weighted by molar-refractivity contribution is 0.102. The highest BCUT2D eigenvalue weighted by Crippen LogP contribution is 2.29. The molecule has 0 aliphatic heterocycles. The number of amides is 1. The molecule has 4 rings (SSSR count). The summed E-state index contributed by atoms with van der Waals surface area (Å²) in [6, 6.07) is 11.9. The third-order valence-electron chi connectivity index (χ3n) is 4.93. The summed E-state index contributed by atoms with van der Waals surface area (Å²) in [5.74, 6) is 1.19. The minimum absolute atomic E-state index is 0.225. The van der Waals surface area contributed by atoms with E-state index in [0.717, 1.165) is 34.7 Å². The number of nitrogens with one attached hydrogen (secondary N) is 1. The van der Waals surface area contributed by atoms with Crippen LogP contribution >= 0.6 is 23.1 Å². The molecule has 4 aromatic rings. The van der Waals surface area contributed by atoms with Gasteiger partial charge in [-0.25, -0.2) is 9.97 Å². The lowest BCUT2D eigenvalue weighted by Crippen LogP contribution is -2.13. The predicted molar refractivity (Wildman–Crippen MR) is 125 cm³/mol. The summed E-state index contributed by atoms with van der Waals surface area (Å²) in [4.78, 5) is 21.9. The first kappa shape index (κ1) is 21.3. The van der Waals surface area contributed by atoms with Crippen molar-refractivity contribution in [3.63, 3.8) is 0 Å². The lowest BCUT2D eigenvalue weighted by Gasteiger charge is -2.07. The molecule has 8 heteroatoms. The van der Waals surface area contributed by atoms with E-state index in [1.807, 2.05) is 19.2 Å². The summed E-state index contributed by atoms with van der Waals surface area (Å²) in [6.07, 6.45) is 2.69. The van der Waals surface area contributed by atoms with Crippen LogP contribution in [-0.4, -0.2) is 21.0 Å². The normalized spacial score (nSPS) is 10.9. The minimum atomic E-state index is -0.225. The Morgan fingerprint density at radius 3 is 2.71 bits per heavy atom. The maximum Gasteiger partial charge on any atom is 0.260 e. The van der Waals surface area contributed by atoms with Gasteiger partial charge in [0, 0.05) is 28.5 Å². The van der Waals surface area contributed by atoms with Crippen LogP contribution in [-0.2, 0) is 12.2 Å². The molecule has 1 amide bonds. The van der Waals surface area contributed by atoms with E-state index in [-0.39, 0.29) is 5.91 Å². The Balaban J connectivity index is 1.47. The fourth-order valence-electron chi connectivity index (χ4n) is 3.07. The number of hydrogen-bond donors (Lipinski definition) is 1. The number of aryl methyl sites for hydroxylation is 3. The molecule has 158 valence electrons. The van der Waals surface area contributed by atoms with Crippen molar-refractivity contribution in [1.29, 1.82) is 0 Å². The molecule has 1 aromatic carbocycles. The number of carbonyl (C=O) groups is 1. The van der Waals surface area contributed by atoms with E-state index in [1.54, 1.807) is 18.3 Å². The van der Waals surface area contributed by atoms with Gasteiger partial charge in [-0.1, -0.05) is 36.3 Å². The zero-order chi connectivity index (χ0) is 21.8. The fraction of sp³-hybridized carbons (Fsp3) is 0.217. The van der Waals surface area contributed by atoms with Crippen LogP contribution in [0.2, 0.25) is 0 Å². The SMILES string of the molecule is CCc1ccc(-c2csc(NC(=O)c3cccnc3SCc3c(C)noc3C)n2)cc1. The summed E-state index contributed by atoms with van der Waals surface area (Å²) in [5.41, 5.74) is 5.57. The van der Waals surface area contributed by atoms with Gasteiger partial charge in [-0.3, -0.25) is 10.1 Å². The molecule has 0 bridgehead atoms. The number of aromatic nitrogens is 3. The van der Waals surface area contributed by atoms with E-state index in [2.05, 4.69) is 51.6 Å². The molecule has 0 saturated heterocycles. The summed E-state index contributed by atoms with van der Waals surface area (Å²) in [6.45, 7) is 5.93. The van der Waals surface area contributed by atoms with E-state index in [0.29, 0.717) is 21.5 Å². The van der Waals surface area contributed by atoms with Gasteiger partial charge in [0.05, 0.1) is 17.0 Å². The predicted octanol–water partition coefficient (Wildman–Crippen LogP) is 5.92. The molecule has 0 spiro atoms. The highest BCUT2D eigenvalue weighted by molar-refractivity contribution is 7.98. The zero-order valence-electron chi connectivity index (χ0n) is 17.5. The van der Waals surface area contributed by atoms with Crippen LogP contribution in [0, 0.1) is 13.8 Å². The third kappa shape index (κ3) is 4.86. The lowest BCUT2D eigenvalue weighted by atomic mass is 10.1. The molecule has 3 heterocycles. The first-order valence-corrected chi connectivity index (χ1v) is 11.8. The first-order valence-electron chi connectivity index (χ1n) is 9.91. The Morgan fingerprint density at radius 2 is 2.00 bits per heavy atom. The van der Waals surface area contributed by atoms with Crippen molar-refractivity contribution in [2.45, 2.75) is 38.0 Å². The van der Waals surface area contributed by atoms with Gasteiger partial charge in [0.25, 0.3) is 5.91 Å². The minimum Gasteiger partial charge on any atom is -0.361 e. The monoisotopic (exact) mass is 450 g/mol. The Labute approximate surface area is 189 Å². The molecule has 6 nitrogen and oxygen atoms in total. The number of rotatable bonds is 7. The van der Waals surface area contributed by atoms with Crippen LogP contribution < -0.4 is 5.32 Å². The van der Waals surface area contributed by atoms with Crippen molar-refractivity contribution in [2.75, 3.05) is 5.32 Å². The second-order valence-electron chi connectivity index (χ2n) is 6.99. The summed E-state index contributed by atoms with van der Waals surface area (Å²) >= 11 is 2.90. The molecule has 31 heavy (non-hydrogen) atoms. The van der Waals surface area contributed by atoms with Crippen molar-refractivity contribution in [1.82, 2.24) is 15.1 Å². The molecule has 0 saturated carbocycles. The van der Waals surface area contributed by atoms with Gasteiger partial charge in [0.15, 0.2) is 5.13 Å². The highest BCUT2D eigenvalue weighted by atomic mass is 32.2. The van der Waals surface area contributed by atoms with Crippen LogP contribution in [0.5, 0.6) is 0 Å². The van der Waals surface area contributed by atoms with Gasteiger partial charge in [0.1, 0.15) is 10.8 Å². The van der Waals surface area contributed by atoms with E-state index >= 15 is 0 Å². The van der Waals surface area contributed by atoms with Crippen molar-refractivity contribution in [3.8, 4) is 11.3 Å². The van der Waals surface area contributed by atoms with E-state index in [9.17, 15) is 4.79 Å². The van der Waals surface area contributed by atoms with Crippen LogP contribution in [0.4, 0.5) is 5.13 Å². The number of nitrogens with zero attached hydrogens (tertiary/aromatic N) is 3. The highest BCUT2D eigenvalue weighted by Gasteiger charge is 2.17. The van der Waals surface area contributed by atoms with Crippen molar-refractivity contribution in [2.24, 2.45) is 0 Å². The fourth-order valence-corrected chi connectivity index (χ4v) is 4.93. The number of anilines is 1. The van der Waals surface area contributed by atoms with Crippen LogP contribution in [0.15, 0.2) is 57.5 Å². The second-order valence-corrected chi connectivity index (χ2v) is 8.81. The van der Waals surface area contributed by atoms with E-state index in [4.69, 9.17) is 4.52 Å². The van der Waals surface area contributed by atoms with E-state index < -0.39 is 0 Å². The summed E-state index contributed by atoms with van der Waals surface area (Å²) < 4.78 is 5.22. The summed E-state index contributed by atoms with van der Waals surface area (Å²) in [5, 5.41) is 10.1. The summed E-state index contributed by atoms with van der Waals surface area (Å²) in [7, 11) is 0. The van der Waals surface area contributed by atoms with Gasteiger partial charge in [0.2, 0.25) is 0 Å². The molecule has 3 aromatic heterocycles. The number of thioether (sulfide) groups is 1. The average Bonchev–Trinajstić information content (AvgIpc) is 3.39. The Morgan fingerprint density at radius 1 is 1.19 bits per heavy atom. The molecule has 0 fully saturated rings. The molecular weight excluding hydrogens is 428 g/mol. The Kier molecular flexibility index (Phi) is 6.48. The van der Waals surface area contributed by atoms with E-state index in [1.165, 1.54) is 28.7 Å². The number of thiazole rings is 1. The molecule has 0 unspecified atom stereocenters. The van der Waals surface area contributed by atoms with Gasteiger partial charge in [-0.15, -0.1) is 23.1 Å². The number of hydrogen-bond acceptors (Lipinski definition) is 7. The van der Waals surface area contributed by atoms with Crippen molar-refractivity contribution in [3.05, 3.63) is 76.1 Å². The van der Waals surface area contributed by atoms with Crippen molar-refractivity contribution >= 4 is 34.1 Å². The molecule has 0 radical (unpaired) electrons. The topological polar surface area (TPSA) is 80.9 Å². The quantitative estimate of drug-likeness (QED) is 0.352. The maximum absolute atomic E-state index is 12.9. The number of benzene rings is 1. The van der Waals surface area contributed by atoms with Gasteiger partial charge in [-0.05, 0) is 38.0 Å². The van der Waals surface area contributed by atoms with Crippen LogP contribution in [0.1, 0.15) is 39.9 Å². The molecular formula is C23H22N4O2S2. The second kappa shape index (κ2) is 9.45. The number of pyridine rings is 1. The van der Waals surface area contributed by atoms with Crippen molar-refractivity contribution < 1.29 is 9.32 Å². The van der Waals surface area contributed by atoms with Gasteiger partial charge < -0.3 is 4.52 Å². The third-order valence-corrected chi connectivity index (χ3v) is 6.72. The molecule has 0 atom stereocenters. The van der Waals surface area contributed by atoms with Crippen LogP contribution in [0.3, 0.4) is 0 Å². The largest absolute Gasteiger partial charge is 0.361 e. The zero-order valence-corrected chi connectivity index (χ0v) is 19.1. The standard InChI is InChI=1S/C23H22N4O2S2/c1-4-16-7-9-17(10-8-16)20-13-31-23(25-20)26-21(28)18-6-5-11-24-22(18)30-12-19-14(2)27-29-15(19)3/h5-11,13H,4,12H2,1-3H3,(H,25,26,28). The Hall–Kier alpha value is -2.97. The van der Waals surface area contributed by atoms with Gasteiger partial charge in [-0.2, -0.15) is 0 Å². The number of carbonyl (C=O) groups excluding carboxylic acids is 1. The first-order chi connectivity index (χ1) is 15.0. The smallest absolute Gasteiger partial charge is 0.260 e. The maximum atomic E-state index is 12.9.